The standard InChI is InChI=1S/C15H17N2O.ClH/c1-18-14-7-5-13(6-8-14)12-17-11-10-16-9-3-2-4-15(16)17;/h2-9H,10-12H2,1H3;1H/q+1;/p-1. The van der Waals surface area contributed by atoms with Crippen molar-refractivity contribution in [3.8, 4) is 5.75 Å². The van der Waals surface area contributed by atoms with Gasteiger partial charge in [-0.05, 0) is 23.8 Å². The van der Waals surface area contributed by atoms with E-state index in [4.69, 9.17) is 4.74 Å². The van der Waals surface area contributed by atoms with Crippen LogP contribution in [0, 0.1) is 0 Å². The molecule has 4 heteroatoms. The van der Waals surface area contributed by atoms with E-state index in [0.717, 1.165) is 25.4 Å². The van der Waals surface area contributed by atoms with Crippen LogP contribution < -0.4 is 26.6 Å². The molecule has 0 saturated carbocycles. The summed E-state index contributed by atoms with van der Waals surface area (Å²) in [5.74, 6) is 2.21. The fourth-order valence-corrected chi connectivity index (χ4v) is 2.40. The van der Waals surface area contributed by atoms with E-state index in [9.17, 15) is 0 Å². The first-order valence-electron chi connectivity index (χ1n) is 6.23. The molecule has 1 aromatic heterocycles. The van der Waals surface area contributed by atoms with Crippen LogP contribution in [0.2, 0.25) is 0 Å². The van der Waals surface area contributed by atoms with Gasteiger partial charge in [0.2, 0.25) is 0 Å². The minimum Gasteiger partial charge on any atom is -1.00 e. The van der Waals surface area contributed by atoms with Crippen molar-refractivity contribution >= 4 is 5.82 Å². The Balaban J connectivity index is 0.00000133. The maximum absolute atomic E-state index is 5.18. The maximum Gasteiger partial charge on any atom is 0.277 e. The Morgan fingerprint density at radius 1 is 1.16 bits per heavy atom. The first-order chi connectivity index (χ1) is 8.86. The lowest BCUT2D eigenvalue weighted by Gasteiger charge is -2.10. The largest absolute Gasteiger partial charge is 1.00 e. The van der Waals surface area contributed by atoms with Crippen LogP contribution in [0.25, 0.3) is 0 Å². The minimum atomic E-state index is 0. The van der Waals surface area contributed by atoms with Crippen LogP contribution in [0.5, 0.6) is 5.75 Å². The lowest BCUT2D eigenvalue weighted by atomic mass is 10.2. The zero-order valence-corrected chi connectivity index (χ0v) is 11.7. The summed E-state index contributed by atoms with van der Waals surface area (Å²) in [6.45, 7) is 3.11. The number of pyridine rings is 1. The molecule has 0 spiro atoms. The normalized spacial score (nSPS) is 12.8. The molecule has 1 aliphatic rings. The summed E-state index contributed by atoms with van der Waals surface area (Å²) in [5, 5.41) is 0. The molecule has 2 heterocycles. The zero-order chi connectivity index (χ0) is 12.4. The van der Waals surface area contributed by atoms with E-state index in [-0.39, 0.29) is 12.4 Å². The number of hydrogen-bond acceptors (Lipinski definition) is 2. The Labute approximate surface area is 119 Å². The molecular formula is C15H17ClN2O. The monoisotopic (exact) mass is 276 g/mol. The topological polar surface area (TPSA) is 16.4 Å². The summed E-state index contributed by atoms with van der Waals surface area (Å²) in [6, 6.07) is 14.7. The van der Waals surface area contributed by atoms with Gasteiger partial charge in [-0.3, -0.25) is 4.90 Å². The van der Waals surface area contributed by atoms with E-state index in [1.54, 1.807) is 7.11 Å². The smallest absolute Gasteiger partial charge is 0.277 e. The highest BCUT2D eigenvalue weighted by Crippen LogP contribution is 2.18. The molecule has 3 nitrogen and oxygen atoms in total. The van der Waals surface area contributed by atoms with Gasteiger partial charge >= 0.3 is 0 Å². The number of anilines is 1. The van der Waals surface area contributed by atoms with Gasteiger partial charge in [0.05, 0.1) is 13.3 Å². The first kappa shape index (κ1) is 13.7. The van der Waals surface area contributed by atoms with E-state index in [1.807, 2.05) is 12.1 Å². The number of ether oxygens (including phenoxy) is 1. The molecule has 0 bridgehead atoms. The molecular weight excluding hydrogens is 260 g/mol. The second-order valence-corrected chi connectivity index (χ2v) is 4.52. The molecule has 0 saturated heterocycles. The number of rotatable bonds is 3. The molecule has 0 radical (unpaired) electrons. The number of aromatic nitrogens is 1. The molecule has 0 aliphatic carbocycles. The van der Waals surface area contributed by atoms with E-state index in [2.05, 4.69) is 46.0 Å². The average Bonchev–Trinajstić information content (AvgIpc) is 2.83. The van der Waals surface area contributed by atoms with Crippen LogP contribution in [0.15, 0.2) is 48.7 Å². The fourth-order valence-electron chi connectivity index (χ4n) is 2.40. The highest BCUT2D eigenvalue weighted by molar-refractivity contribution is 5.37. The van der Waals surface area contributed by atoms with Crippen molar-refractivity contribution in [1.82, 2.24) is 0 Å². The number of halogens is 1. The van der Waals surface area contributed by atoms with Crippen molar-refractivity contribution in [1.29, 1.82) is 0 Å². The highest BCUT2D eigenvalue weighted by atomic mass is 35.5. The zero-order valence-electron chi connectivity index (χ0n) is 10.9. The maximum atomic E-state index is 5.18. The Bertz CT molecular complexity index is 542. The van der Waals surface area contributed by atoms with Crippen molar-refractivity contribution in [2.24, 2.45) is 0 Å². The summed E-state index contributed by atoms with van der Waals surface area (Å²) >= 11 is 0. The molecule has 0 atom stereocenters. The van der Waals surface area contributed by atoms with Gasteiger partial charge in [-0.25, -0.2) is 4.57 Å². The minimum absolute atomic E-state index is 0. The van der Waals surface area contributed by atoms with Gasteiger partial charge < -0.3 is 17.1 Å². The second-order valence-electron chi connectivity index (χ2n) is 4.52. The number of hydrogen-bond donors (Lipinski definition) is 0. The highest BCUT2D eigenvalue weighted by Gasteiger charge is 2.26. The molecule has 0 unspecified atom stereocenters. The lowest BCUT2D eigenvalue weighted by molar-refractivity contribution is -0.671. The van der Waals surface area contributed by atoms with Gasteiger partial charge in [-0.15, -0.1) is 0 Å². The Kier molecular flexibility index (Phi) is 4.27. The molecule has 19 heavy (non-hydrogen) atoms. The number of methoxy groups -OCH3 is 1. The fraction of sp³-hybridized carbons (Fsp3) is 0.267. The quantitative estimate of drug-likeness (QED) is 0.669. The molecule has 0 amide bonds. The predicted molar refractivity (Wildman–Crippen MR) is 70.7 cm³/mol. The molecule has 2 aromatic rings. The third kappa shape index (κ3) is 2.82. The van der Waals surface area contributed by atoms with Crippen LogP contribution in [0.4, 0.5) is 5.82 Å². The summed E-state index contributed by atoms with van der Waals surface area (Å²) in [4.78, 5) is 2.40. The van der Waals surface area contributed by atoms with Crippen LogP contribution in [-0.4, -0.2) is 13.7 Å². The summed E-state index contributed by atoms with van der Waals surface area (Å²) < 4.78 is 7.47. The Morgan fingerprint density at radius 3 is 2.68 bits per heavy atom. The van der Waals surface area contributed by atoms with Crippen molar-refractivity contribution in [3.05, 3.63) is 54.2 Å². The molecule has 0 N–H and O–H groups in total. The molecule has 1 aromatic carbocycles. The summed E-state index contributed by atoms with van der Waals surface area (Å²) in [7, 11) is 1.70. The first-order valence-corrected chi connectivity index (χ1v) is 6.23. The van der Waals surface area contributed by atoms with E-state index in [1.165, 1.54) is 11.4 Å². The van der Waals surface area contributed by atoms with Crippen LogP contribution >= 0.6 is 0 Å². The van der Waals surface area contributed by atoms with Gasteiger partial charge in [0.15, 0.2) is 0 Å². The van der Waals surface area contributed by atoms with Crippen molar-refractivity contribution in [2.75, 3.05) is 18.6 Å². The van der Waals surface area contributed by atoms with Gasteiger partial charge in [-0.1, -0.05) is 18.2 Å². The summed E-state index contributed by atoms with van der Waals surface area (Å²) in [6.07, 6.45) is 2.14. The van der Waals surface area contributed by atoms with Crippen LogP contribution in [-0.2, 0) is 13.1 Å². The second kappa shape index (κ2) is 5.93. The molecule has 1 aliphatic heterocycles. The SMILES string of the molecule is COc1ccc(CN2CC[n+]3ccccc32)cc1.[Cl-]. The summed E-state index contributed by atoms with van der Waals surface area (Å²) in [5.41, 5.74) is 1.31. The lowest BCUT2D eigenvalue weighted by Crippen LogP contribution is -3.00. The van der Waals surface area contributed by atoms with Crippen LogP contribution in [0.3, 0.4) is 0 Å². The van der Waals surface area contributed by atoms with Gasteiger partial charge in [0, 0.05) is 6.07 Å². The molecule has 0 fully saturated rings. The number of benzene rings is 1. The predicted octanol–water partition coefficient (Wildman–Crippen LogP) is -0.993. The van der Waals surface area contributed by atoms with E-state index < -0.39 is 0 Å². The van der Waals surface area contributed by atoms with Crippen molar-refractivity contribution in [2.45, 2.75) is 13.1 Å². The number of fused-ring (bicyclic) bond motifs is 1. The molecule has 100 valence electrons. The third-order valence-electron chi connectivity index (χ3n) is 3.38. The van der Waals surface area contributed by atoms with E-state index in [0.29, 0.717) is 0 Å². The average molecular weight is 277 g/mol. The van der Waals surface area contributed by atoms with Crippen molar-refractivity contribution in [3.63, 3.8) is 0 Å². The van der Waals surface area contributed by atoms with Gasteiger partial charge in [-0.2, -0.15) is 0 Å². The third-order valence-corrected chi connectivity index (χ3v) is 3.38. The molecule has 3 rings (SSSR count). The van der Waals surface area contributed by atoms with Crippen LogP contribution in [0.1, 0.15) is 5.56 Å². The van der Waals surface area contributed by atoms with E-state index >= 15 is 0 Å². The van der Waals surface area contributed by atoms with Crippen molar-refractivity contribution < 1.29 is 21.7 Å². The number of nitrogens with zero attached hydrogens (tertiary/aromatic N) is 2. The Hall–Kier alpha value is -1.74. The Morgan fingerprint density at radius 2 is 1.95 bits per heavy atom. The van der Waals surface area contributed by atoms with Gasteiger partial charge in [0.25, 0.3) is 5.82 Å². The van der Waals surface area contributed by atoms with Gasteiger partial charge in [0.1, 0.15) is 25.4 Å².